The van der Waals surface area contributed by atoms with Crippen LogP contribution in [0.4, 0.5) is 0 Å². The van der Waals surface area contributed by atoms with Crippen LogP contribution >= 0.6 is 11.3 Å². The van der Waals surface area contributed by atoms with E-state index in [-0.39, 0.29) is 5.91 Å². The number of carbonyl (C=O) groups is 1. The molecule has 0 spiro atoms. The first-order valence-electron chi connectivity index (χ1n) is 11.8. The molecule has 1 amide bonds. The molecule has 8 heteroatoms. The second-order valence-electron chi connectivity index (χ2n) is 9.10. The number of fused-ring (bicyclic) bond motifs is 1. The molecule has 7 nitrogen and oxygen atoms in total. The van der Waals surface area contributed by atoms with Crippen molar-refractivity contribution in [3.8, 4) is 11.3 Å². The first kappa shape index (κ1) is 21.3. The lowest BCUT2D eigenvalue weighted by Gasteiger charge is -2.28. The minimum absolute atomic E-state index is 0.112. The van der Waals surface area contributed by atoms with E-state index in [1.165, 1.54) is 24.1 Å². The number of hydrogen-bond acceptors (Lipinski definition) is 6. The van der Waals surface area contributed by atoms with Crippen LogP contribution in [0.5, 0.6) is 0 Å². The number of benzene rings is 1. The predicted molar refractivity (Wildman–Crippen MR) is 130 cm³/mol. The molecule has 174 valence electrons. The minimum Gasteiger partial charge on any atom is -0.464 e. The van der Waals surface area contributed by atoms with Gasteiger partial charge >= 0.3 is 0 Å². The van der Waals surface area contributed by atoms with Gasteiger partial charge in [-0.1, -0.05) is 24.3 Å². The largest absolute Gasteiger partial charge is 0.464 e. The number of nitrogens with one attached hydrogen (secondary N) is 1. The third-order valence-corrected chi connectivity index (χ3v) is 7.42. The van der Waals surface area contributed by atoms with Crippen LogP contribution in [-0.4, -0.2) is 32.1 Å². The average Bonchev–Trinajstić information content (AvgIpc) is 3.25. The van der Waals surface area contributed by atoms with Gasteiger partial charge in [0.25, 0.3) is 5.91 Å². The molecule has 1 saturated carbocycles. The fraction of sp³-hybridized carbons (Fsp3) is 0.346. The summed E-state index contributed by atoms with van der Waals surface area (Å²) in [4.78, 5) is 19.8. The van der Waals surface area contributed by atoms with Crippen LogP contribution in [-0.2, 0) is 32.6 Å². The topological polar surface area (TPSA) is 76.2 Å². The average molecular weight is 474 g/mol. The monoisotopic (exact) mass is 473 g/mol. The number of nitrogens with zero attached hydrogens (tertiary/aromatic N) is 4. The molecule has 4 heterocycles. The summed E-state index contributed by atoms with van der Waals surface area (Å²) in [5.41, 5.74) is 5.20. The Hall–Kier alpha value is -3.23. The highest BCUT2D eigenvalue weighted by atomic mass is 32.1. The first-order valence-corrected chi connectivity index (χ1v) is 12.7. The van der Waals surface area contributed by atoms with Crippen molar-refractivity contribution in [3.63, 3.8) is 0 Å². The van der Waals surface area contributed by atoms with Gasteiger partial charge in [0.1, 0.15) is 10.8 Å². The summed E-state index contributed by atoms with van der Waals surface area (Å²) < 4.78 is 7.78. The van der Waals surface area contributed by atoms with E-state index in [0.717, 1.165) is 47.9 Å². The molecule has 4 aromatic rings. The zero-order valence-electron chi connectivity index (χ0n) is 18.9. The number of hydrogen-bond donors (Lipinski definition) is 1. The van der Waals surface area contributed by atoms with Crippen molar-refractivity contribution in [2.24, 2.45) is 5.92 Å². The van der Waals surface area contributed by atoms with E-state index in [1.54, 1.807) is 23.8 Å². The van der Waals surface area contributed by atoms with E-state index in [2.05, 4.69) is 38.1 Å². The van der Waals surface area contributed by atoms with Crippen molar-refractivity contribution < 1.29 is 9.21 Å². The molecule has 34 heavy (non-hydrogen) atoms. The molecule has 0 atom stereocenters. The molecule has 0 unspecified atom stereocenters. The SMILES string of the molecule is O=C(NCc1nccs1)c1nn(CC2CC2)c2c1CN(Cc1ccccc1-c1ccco1)CC2. The molecule has 1 fully saturated rings. The van der Waals surface area contributed by atoms with Gasteiger partial charge in [0.2, 0.25) is 0 Å². The Balaban J connectivity index is 1.24. The van der Waals surface area contributed by atoms with Crippen molar-refractivity contribution in [2.45, 2.75) is 45.4 Å². The summed E-state index contributed by atoms with van der Waals surface area (Å²) in [6, 6.07) is 12.3. The van der Waals surface area contributed by atoms with Gasteiger partial charge in [-0.15, -0.1) is 11.3 Å². The van der Waals surface area contributed by atoms with Crippen LogP contribution in [0, 0.1) is 5.92 Å². The Kier molecular flexibility index (Phi) is 5.76. The highest BCUT2D eigenvalue weighted by Gasteiger charge is 2.31. The summed E-state index contributed by atoms with van der Waals surface area (Å²) in [6.45, 7) is 3.80. The molecule has 0 radical (unpaired) electrons. The second-order valence-corrected chi connectivity index (χ2v) is 10.1. The zero-order valence-corrected chi connectivity index (χ0v) is 19.8. The maximum atomic E-state index is 13.2. The minimum atomic E-state index is -0.112. The number of rotatable bonds is 8. The lowest BCUT2D eigenvalue weighted by Crippen LogP contribution is -2.32. The van der Waals surface area contributed by atoms with Gasteiger partial charge in [-0.2, -0.15) is 5.10 Å². The summed E-state index contributed by atoms with van der Waals surface area (Å²) in [7, 11) is 0. The van der Waals surface area contributed by atoms with Gasteiger partial charge in [-0.3, -0.25) is 14.4 Å². The molecule has 1 N–H and O–H groups in total. The highest BCUT2D eigenvalue weighted by Crippen LogP contribution is 2.33. The van der Waals surface area contributed by atoms with E-state index in [9.17, 15) is 4.79 Å². The fourth-order valence-corrected chi connectivity index (χ4v) is 5.27. The van der Waals surface area contributed by atoms with E-state index in [4.69, 9.17) is 9.52 Å². The van der Waals surface area contributed by atoms with Gasteiger partial charge < -0.3 is 9.73 Å². The predicted octanol–water partition coefficient (Wildman–Crippen LogP) is 4.50. The van der Waals surface area contributed by atoms with Crippen LogP contribution < -0.4 is 5.32 Å². The van der Waals surface area contributed by atoms with E-state index < -0.39 is 0 Å². The van der Waals surface area contributed by atoms with Gasteiger partial charge in [-0.05, 0) is 36.5 Å². The third kappa shape index (κ3) is 4.43. The number of aromatic nitrogens is 3. The highest BCUT2D eigenvalue weighted by molar-refractivity contribution is 7.09. The first-order chi connectivity index (χ1) is 16.7. The zero-order chi connectivity index (χ0) is 22.9. The van der Waals surface area contributed by atoms with Crippen LogP contribution in [0.3, 0.4) is 0 Å². The van der Waals surface area contributed by atoms with Crippen molar-refractivity contribution in [1.29, 1.82) is 0 Å². The van der Waals surface area contributed by atoms with Crippen LogP contribution in [0.2, 0.25) is 0 Å². The second kappa shape index (κ2) is 9.19. The Bertz CT molecular complexity index is 1270. The molecule has 6 rings (SSSR count). The van der Waals surface area contributed by atoms with Crippen LogP contribution in [0.15, 0.2) is 58.7 Å². The van der Waals surface area contributed by atoms with Gasteiger partial charge in [0.15, 0.2) is 5.69 Å². The third-order valence-electron chi connectivity index (χ3n) is 6.64. The summed E-state index contributed by atoms with van der Waals surface area (Å²) >= 11 is 1.55. The maximum Gasteiger partial charge on any atom is 0.272 e. The van der Waals surface area contributed by atoms with Crippen molar-refractivity contribution in [2.75, 3.05) is 6.54 Å². The van der Waals surface area contributed by atoms with E-state index in [0.29, 0.717) is 24.7 Å². The lowest BCUT2D eigenvalue weighted by atomic mass is 10.0. The molecule has 1 aromatic carbocycles. The number of furan rings is 1. The number of carbonyl (C=O) groups excluding carboxylic acids is 1. The maximum absolute atomic E-state index is 13.2. The Labute approximate surface area is 202 Å². The van der Waals surface area contributed by atoms with Crippen LogP contribution in [0.1, 0.15) is 45.2 Å². The van der Waals surface area contributed by atoms with E-state index in [1.807, 2.05) is 23.6 Å². The summed E-state index contributed by atoms with van der Waals surface area (Å²) in [5.74, 6) is 1.47. The summed E-state index contributed by atoms with van der Waals surface area (Å²) in [6.07, 6.45) is 6.89. The smallest absolute Gasteiger partial charge is 0.272 e. The van der Waals surface area contributed by atoms with Gasteiger partial charge in [0, 0.05) is 61.0 Å². The molecule has 3 aromatic heterocycles. The number of amides is 1. The quantitative estimate of drug-likeness (QED) is 0.408. The normalized spacial score (nSPS) is 15.9. The molecule has 0 bridgehead atoms. The Morgan fingerprint density at radius 2 is 2.12 bits per heavy atom. The molecular formula is C26H27N5O2S. The Morgan fingerprint density at radius 3 is 2.91 bits per heavy atom. The van der Waals surface area contributed by atoms with Crippen molar-refractivity contribution in [1.82, 2.24) is 25.0 Å². The molecule has 0 saturated heterocycles. The molecular weight excluding hydrogens is 446 g/mol. The van der Waals surface area contributed by atoms with Crippen molar-refractivity contribution in [3.05, 3.63) is 81.8 Å². The van der Waals surface area contributed by atoms with E-state index >= 15 is 0 Å². The lowest BCUT2D eigenvalue weighted by molar-refractivity contribution is 0.0942. The van der Waals surface area contributed by atoms with Gasteiger partial charge in [-0.25, -0.2) is 4.98 Å². The number of thiazole rings is 1. The Morgan fingerprint density at radius 1 is 1.21 bits per heavy atom. The van der Waals surface area contributed by atoms with Crippen molar-refractivity contribution >= 4 is 17.2 Å². The molecule has 1 aliphatic carbocycles. The summed E-state index contributed by atoms with van der Waals surface area (Å²) in [5, 5.41) is 10.7. The van der Waals surface area contributed by atoms with Crippen LogP contribution in [0.25, 0.3) is 11.3 Å². The fourth-order valence-electron chi connectivity index (χ4n) is 4.71. The standard InChI is InChI=1S/C26H27N5O2S/c32-26(28-14-24-27-10-13-34-24)25-21-17-30(11-9-22(21)31(29-25)15-18-7-8-18)16-19-4-1-2-5-20(19)23-6-3-12-33-23/h1-6,10,12-13,18H,7-9,11,14-17H2,(H,28,32). The molecule has 1 aliphatic heterocycles. The molecule has 2 aliphatic rings. The van der Waals surface area contributed by atoms with Gasteiger partial charge in [0.05, 0.1) is 12.8 Å².